The van der Waals surface area contributed by atoms with E-state index < -0.39 is 6.10 Å². The molecule has 1 heteroatoms. The molecule has 68 valence electrons. The highest BCUT2D eigenvalue weighted by atomic mass is 16.3. The van der Waals surface area contributed by atoms with Gasteiger partial charge in [0.1, 0.15) is 6.10 Å². The topological polar surface area (TPSA) is 20.2 Å². The maximum absolute atomic E-state index is 9.71. The second-order valence-electron chi connectivity index (χ2n) is 3.09. The van der Waals surface area contributed by atoms with Gasteiger partial charge in [0, 0.05) is 0 Å². The number of hydrogen-bond donors (Lipinski definition) is 1. The average molecular weight is 174 g/mol. The van der Waals surface area contributed by atoms with Crippen LogP contribution in [0.4, 0.5) is 0 Å². The predicted molar refractivity (Wildman–Crippen MR) is 55.5 cm³/mol. The van der Waals surface area contributed by atoms with E-state index in [2.05, 4.69) is 13.2 Å². The molecule has 1 N–H and O–H groups in total. The zero-order chi connectivity index (χ0) is 9.84. The molecule has 1 nitrogen and oxygen atoms in total. The van der Waals surface area contributed by atoms with Crippen LogP contribution < -0.4 is 0 Å². The summed E-state index contributed by atoms with van der Waals surface area (Å²) in [4.78, 5) is 0. The number of rotatable bonds is 3. The molecule has 0 saturated heterocycles. The quantitative estimate of drug-likeness (QED) is 0.698. The maximum atomic E-state index is 9.71. The lowest BCUT2D eigenvalue weighted by atomic mass is 10.0. The molecule has 1 aromatic rings. The van der Waals surface area contributed by atoms with E-state index in [0.29, 0.717) is 5.57 Å². The Bertz CT molecular complexity index is 308. The fraction of sp³-hybridized carbons (Fsp3) is 0.167. The van der Waals surface area contributed by atoms with Crippen molar-refractivity contribution in [2.75, 3.05) is 0 Å². The summed E-state index contributed by atoms with van der Waals surface area (Å²) in [6, 6.07) is 7.73. The van der Waals surface area contributed by atoms with E-state index in [4.69, 9.17) is 0 Å². The van der Waals surface area contributed by atoms with Gasteiger partial charge in [-0.3, -0.25) is 0 Å². The van der Waals surface area contributed by atoms with Gasteiger partial charge in [0.2, 0.25) is 0 Å². The van der Waals surface area contributed by atoms with Gasteiger partial charge in [-0.1, -0.05) is 49.1 Å². The van der Waals surface area contributed by atoms with Crippen LogP contribution >= 0.6 is 0 Å². The molecule has 0 unspecified atom stereocenters. The fourth-order valence-corrected chi connectivity index (χ4v) is 1.07. The van der Waals surface area contributed by atoms with Crippen LogP contribution in [0.25, 0.3) is 0 Å². The van der Waals surface area contributed by atoms with Crippen molar-refractivity contribution >= 4 is 0 Å². The Morgan fingerprint density at radius 3 is 2.38 bits per heavy atom. The van der Waals surface area contributed by atoms with E-state index in [1.165, 1.54) is 5.56 Å². The van der Waals surface area contributed by atoms with Crippen LogP contribution in [-0.2, 0) is 0 Å². The second-order valence-corrected chi connectivity index (χ2v) is 3.09. The minimum absolute atomic E-state index is 0.627. The molecule has 0 aromatic heterocycles. The molecule has 1 atom stereocenters. The van der Waals surface area contributed by atoms with Gasteiger partial charge in [-0.2, -0.15) is 0 Å². The van der Waals surface area contributed by atoms with Crippen molar-refractivity contribution in [1.82, 2.24) is 0 Å². The summed E-state index contributed by atoms with van der Waals surface area (Å²) in [5.41, 5.74) is 2.67. The van der Waals surface area contributed by atoms with Crippen LogP contribution in [0, 0.1) is 6.92 Å². The molecular formula is C12H14O. The third-order valence-corrected chi connectivity index (χ3v) is 2.01. The molecular weight excluding hydrogens is 160 g/mol. The Balaban J connectivity index is 2.89. The van der Waals surface area contributed by atoms with Gasteiger partial charge in [-0.05, 0) is 18.1 Å². The molecule has 13 heavy (non-hydrogen) atoms. The number of aliphatic hydroxyl groups excluding tert-OH is 1. The van der Waals surface area contributed by atoms with Gasteiger partial charge < -0.3 is 5.11 Å². The van der Waals surface area contributed by atoms with E-state index in [-0.39, 0.29) is 0 Å². The third-order valence-electron chi connectivity index (χ3n) is 2.01. The maximum Gasteiger partial charge on any atom is 0.103 e. The van der Waals surface area contributed by atoms with Crippen LogP contribution in [0.1, 0.15) is 17.2 Å². The molecule has 0 amide bonds. The Hall–Kier alpha value is -1.34. The van der Waals surface area contributed by atoms with Gasteiger partial charge in [-0.25, -0.2) is 0 Å². The first-order valence-electron chi connectivity index (χ1n) is 4.21. The first-order valence-corrected chi connectivity index (χ1v) is 4.21. The lowest BCUT2D eigenvalue weighted by Gasteiger charge is -2.10. The summed E-state index contributed by atoms with van der Waals surface area (Å²) in [5.74, 6) is 0. The van der Waals surface area contributed by atoms with Crippen LogP contribution in [0.3, 0.4) is 0 Å². The van der Waals surface area contributed by atoms with Crippen molar-refractivity contribution in [3.05, 3.63) is 60.2 Å². The van der Waals surface area contributed by atoms with E-state index in [9.17, 15) is 5.11 Å². The van der Waals surface area contributed by atoms with Crippen molar-refractivity contribution < 1.29 is 5.11 Å². The van der Waals surface area contributed by atoms with Gasteiger partial charge in [0.25, 0.3) is 0 Å². The standard InChI is InChI=1S/C12H14O/c1-4-10(3)12(13)11-7-5-9(2)6-8-11/h4-8,12-13H,1,3H2,2H3/t12-/m1/s1. The van der Waals surface area contributed by atoms with Gasteiger partial charge in [-0.15, -0.1) is 0 Å². The Labute approximate surface area is 79.0 Å². The molecule has 0 fully saturated rings. The molecule has 1 rings (SSSR count). The van der Waals surface area contributed by atoms with Crippen LogP contribution in [-0.4, -0.2) is 5.11 Å². The predicted octanol–water partition coefficient (Wildman–Crippen LogP) is 2.77. The van der Waals surface area contributed by atoms with E-state index in [1.54, 1.807) is 6.08 Å². The minimum atomic E-state index is -0.627. The molecule has 0 spiro atoms. The zero-order valence-corrected chi connectivity index (χ0v) is 7.83. The molecule has 0 aliphatic rings. The minimum Gasteiger partial charge on any atom is -0.384 e. The van der Waals surface area contributed by atoms with Gasteiger partial charge in [0.05, 0.1) is 0 Å². The number of aliphatic hydroxyl groups is 1. The number of hydrogen-bond acceptors (Lipinski definition) is 1. The Kier molecular flexibility index (Phi) is 3.04. The van der Waals surface area contributed by atoms with Crippen molar-refractivity contribution in [3.8, 4) is 0 Å². The average Bonchev–Trinajstić information content (AvgIpc) is 2.17. The first-order chi connectivity index (χ1) is 6.15. The molecule has 0 radical (unpaired) electrons. The molecule has 0 bridgehead atoms. The lowest BCUT2D eigenvalue weighted by Crippen LogP contribution is -1.98. The smallest absolute Gasteiger partial charge is 0.103 e. The summed E-state index contributed by atoms with van der Waals surface area (Å²) < 4.78 is 0. The Morgan fingerprint density at radius 1 is 1.38 bits per heavy atom. The highest BCUT2D eigenvalue weighted by molar-refractivity contribution is 5.31. The first kappa shape index (κ1) is 9.75. The lowest BCUT2D eigenvalue weighted by molar-refractivity contribution is 0.220. The van der Waals surface area contributed by atoms with Crippen molar-refractivity contribution in [2.24, 2.45) is 0 Å². The fourth-order valence-electron chi connectivity index (χ4n) is 1.07. The molecule has 0 aliphatic heterocycles. The van der Waals surface area contributed by atoms with Crippen LogP contribution in [0.15, 0.2) is 49.1 Å². The summed E-state index contributed by atoms with van der Waals surface area (Å²) >= 11 is 0. The molecule has 0 aliphatic carbocycles. The van der Waals surface area contributed by atoms with E-state index in [1.807, 2.05) is 31.2 Å². The monoisotopic (exact) mass is 174 g/mol. The Morgan fingerprint density at radius 2 is 1.92 bits per heavy atom. The summed E-state index contributed by atoms with van der Waals surface area (Å²) in [7, 11) is 0. The van der Waals surface area contributed by atoms with Crippen LogP contribution in [0.5, 0.6) is 0 Å². The zero-order valence-electron chi connectivity index (χ0n) is 7.83. The largest absolute Gasteiger partial charge is 0.384 e. The summed E-state index contributed by atoms with van der Waals surface area (Å²) in [5, 5.41) is 9.71. The van der Waals surface area contributed by atoms with Crippen LogP contribution in [0.2, 0.25) is 0 Å². The number of aryl methyl sites for hydroxylation is 1. The molecule has 0 heterocycles. The number of benzene rings is 1. The van der Waals surface area contributed by atoms with Gasteiger partial charge in [0.15, 0.2) is 0 Å². The van der Waals surface area contributed by atoms with E-state index in [0.717, 1.165) is 5.56 Å². The second kappa shape index (κ2) is 4.06. The molecule has 0 saturated carbocycles. The highest BCUT2D eigenvalue weighted by Gasteiger charge is 2.07. The van der Waals surface area contributed by atoms with Crippen molar-refractivity contribution in [3.63, 3.8) is 0 Å². The third kappa shape index (κ3) is 2.30. The SMILES string of the molecule is C=CC(=C)[C@@H](O)c1ccc(C)cc1. The summed E-state index contributed by atoms with van der Waals surface area (Å²) in [6.45, 7) is 9.28. The molecule has 1 aromatic carbocycles. The van der Waals surface area contributed by atoms with Gasteiger partial charge >= 0.3 is 0 Å². The normalized spacial score (nSPS) is 12.2. The van der Waals surface area contributed by atoms with Crippen molar-refractivity contribution in [2.45, 2.75) is 13.0 Å². The summed E-state index contributed by atoms with van der Waals surface area (Å²) in [6.07, 6.45) is 0.947. The van der Waals surface area contributed by atoms with Crippen molar-refractivity contribution in [1.29, 1.82) is 0 Å². The van der Waals surface area contributed by atoms with E-state index >= 15 is 0 Å². The highest BCUT2D eigenvalue weighted by Crippen LogP contribution is 2.20.